The highest BCUT2D eigenvalue weighted by molar-refractivity contribution is 7.14. The van der Waals surface area contributed by atoms with Crippen LogP contribution >= 0.6 is 11.3 Å². The van der Waals surface area contributed by atoms with Gasteiger partial charge in [-0.05, 0) is 42.2 Å². The molecule has 1 aromatic rings. The molecule has 2 rings (SSSR count). The molecule has 1 aliphatic rings. The molecule has 1 aromatic heterocycles. The SMILES string of the molecule is C#CCNC(=O)c1cc2c(s1)CCC(C(C)(C)C)C2. The van der Waals surface area contributed by atoms with Gasteiger partial charge in [-0.25, -0.2) is 0 Å². The molecule has 0 aromatic carbocycles. The third kappa shape index (κ3) is 3.19. The molecular formula is C16H21NOS. The average molecular weight is 275 g/mol. The molecule has 0 spiro atoms. The maximum atomic E-state index is 11.9. The van der Waals surface area contributed by atoms with Gasteiger partial charge in [0.2, 0.25) is 0 Å². The third-order valence-corrected chi connectivity index (χ3v) is 5.12. The fourth-order valence-electron chi connectivity index (χ4n) is 2.59. The van der Waals surface area contributed by atoms with Gasteiger partial charge in [-0.3, -0.25) is 4.79 Å². The molecule has 0 saturated carbocycles. The molecular weight excluding hydrogens is 254 g/mol. The second-order valence-electron chi connectivity index (χ2n) is 6.25. The Morgan fingerprint density at radius 3 is 2.95 bits per heavy atom. The minimum Gasteiger partial charge on any atom is -0.340 e. The summed E-state index contributed by atoms with van der Waals surface area (Å²) in [6, 6.07) is 2.06. The van der Waals surface area contributed by atoms with E-state index in [4.69, 9.17) is 6.42 Å². The number of terminal acetylenes is 1. The Kier molecular flexibility index (Phi) is 4.01. The first-order valence-corrected chi connectivity index (χ1v) is 7.56. The van der Waals surface area contributed by atoms with Gasteiger partial charge in [-0.1, -0.05) is 26.7 Å². The van der Waals surface area contributed by atoms with Gasteiger partial charge in [0.15, 0.2) is 0 Å². The van der Waals surface area contributed by atoms with E-state index < -0.39 is 0 Å². The van der Waals surface area contributed by atoms with Crippen LogP contribution in [0.4, 0.5) is 0 Å². The molecule has 1 amide bonds. The van der Waals surface area contributed by atoms with Crippen LogP contribution in [0.3, 0.4) is 0 Å². The van der Waals surface area contributed by atoms with Gasteiger partial charge in [-0.2, -0.15) is 0 Å². The summed E-state index contributed by atoms with van der Waals surface area (Å²) in [4.78, 5) is 14.1. The Morgan fingerprint density at radius 2 is 2.32 bits per heavy atom. The maximum Gasteiger partial charge on any atom is 0.262 e. The van der Waals surface area contributed by atoms with Crippen LogP contribution in [0.1, 0.15) is 47.3 Å². The van der Waals surface area contributed by atoms with Crippen LogP contribution in [0, 0.1) is 23.7 Å². The largest absolute Gasteiger partial charge is 0.340 e. The first kappa shape index (κ1) is 14.1. The fourth-order valence-corrected chi connectivity index (χ4v) is 3.72. The molecule has 1 N–H and O–H groups in total. The molecule has 1 unspecified atom stereocenters. The van der Waals surface area contributed by atoms with Crippen LogP contribution in [0.5, 0.6) is 0 Å². The highest BCUT2D eigenvalue weighted by Crippen LogP contribution is 2.39. The van der Waals surface area contributed by atoms with Gasteiger partial charge in [-0.15, -0.1) is 17.8 Å². The van der Waals surface area contributed by atoms with Gasteiger partial charge >= 0.3 is 0 Å². The molecule has 0 fully saturated rings. The van der Waals surface area contributed by atoms with Gasteiger partial charge in [0.25, 0.3) is 5.91 Å². The molecule has 1 aliphatic carbocycles. The van der Waals surface area contributed by atoms with Crippen molar-refractivity contribution in [2.24, 2.45) is 11.3 Å². The van der Waals surface area contributed by atoms with E-state index in [1.165, 1.54) is 16.9 Å². The molecule has 0 bridgehead atoms. The van der Waals surface area contributed by atoms with Crippen LogP contribution in [0.25, 0.3) is 0 Å². The molecule has 0 aliphatic heterocycles. The monoisotopic (exact) mass is 275 g/mol. The van der Waals surface area contributed by atoms with Crippen LogP contribution in [0.15, 0.2) is 6.07 Å². The van der Waals surface area contributed by atoms with Crippen molar-refractivity contribution in [2.75, 3.05) is 6.54 Å². The van der Waals surface area contributed by atoms with E-state index in [2.05, 4.69) is 38.1 Å². The molecule has 2 nitrogen and oxygen atoms in total. The second-order valence-corrected chi connectivity index (χ2v) is 7.39. The van der Waals surface area contributed by atoms with Crippen molar-refractivity contribution in [3.8, 4) is 12.3 Å². The summed E-state index contributed by atoms with van der Waals surface area (Å²) in [5.74, 6) is 3.10. The Bertz CT molecular complexity index is 516. The van der Waals surface area contributed by atoms with Crippen LogP contribution in [-0.2, 0) is 12.8 Å². The lowest BCUT2D eigenvalue weighted by atomic mass is 9.72. The average Bonchev–Trinajstić information content (AvgIpc) is 2.77. The Hall–Kier alpha value is -1.27. The number of rotatable bonds is 2. The lowest BCUT2D eigenvalue weighted by Gasteiger charge is -2.33. The van der Waals surface area contributed by atoms with Crippen LogP contribution in [0.2, 0.25) is 0 Å². The predicted molar refractivity (Wildman–Crippen MR) is 80.5 cm³/mol. The summed E-state index contributed by atoms with van der Waals surface area (Å²) in [5.41, 5.74) is 1.70. The van der Waals surface area contributed by atoms with E-state index in [0.717, 1.165) is 17.7 Å². The number of amides is 1. The van der Waals surface area contributed by atoms with Crippen molar-refractivity contribution in [1.29, 1.82) is 0 Å². The first-order valence-electron chi connectivity index (χ1n) is 6.75. The lowest BCUT2D eigenvalue weighted by Crippen LogP contribution is -2.26. The van der Waals surface area contributed by atoms with Gasteiger partial charge in [0, 0.05) is 4.88 Å². The molecule has 102 valence electrons. The highest BCUT2D eigenvalue weighted by atomic mass is 32.1. The zero-order chi connectivity index (χ0) is 14.0. The molecule has 1 atom stereocenters. The summed E-state index contributed by atoms with van der Waals surface area (Å²) >= 11 is 1.63. The van der Waals surface area contributed by atoms with E-state index in [0.29, 0.717) is 17.9 Å². The van der Waals surface area contributed by atoms with E-state index in [1.807, 2.05) is 0 Å². The van der Waals surface area contributed by atoms with Crippen molar-refractivity contribution in [3.05, 3.63) is 21.4 Å². The zero-order valence-electron chi connectivity index (χ0n) is 11.9. The first-order chi connectivity index (χ1) is 8.91. The van der Waals surface area contributed by atoms with E-state index >= 15 is 0 Å². The molecule has 0 radical (unpaired) electrons. The Morgan fingerprint density at radius 1 is 1.58 bits per heavy atom. The minimum atomic E-state index is -0.0374. The van der Waals surface area contributed by atoms with Gasteiger partial charge < -0.3 is 5.32 Å². The number of nitrogens with one attached hydrogen (secondary N) is 1. The number of carbonyl (C=O) groups excluding carboxylic acids is 1. The number of hydrogen-bond donors (Lipinski definition) is 1. The number of aryl methyl sites for hydroxylation is 1. The summed E-state index contributed by atoms with van der Waals surface area (Å²) in [5, 5.41) is 2.73. The Balaban J connectivity index is 2.13. The van der Waals surface area contributed by atoms with Crippen molar-refractivity contribution in [2.45, 2.75) is 40.0 Å². The zero-order valence-corrected chi connectivity index (χ0v) is 12.7. The number of fused-ring (bicyclic) bond motifs is 1. The smallest absolute Gasteiger partial charge is 0.262 e. The van der Waals surface area contributed by atoms with E-state index in [-0.39, 0.29) is 5.91 Å². The third-order valence-electron chi connectivity index (χ3n) is 3.88. The fraction of sp³-hybridized carbons (Fsp3) is 0.562. The lowest BCUT2D eigenvalue weighted by molar-refractivity contribution is 0.0962. The highest BCUT2D eigenvalue weighted by Gasteiger charge is 2.30. The number of thiophene rings is 1. The predicted octanol–water partition coefficient (Wildman–Crippen LogP) is 3.26. The normalized spacial score (nSPS) is 18.5. The molecule has 0 saturated heterocycles. The standard InChI is InChI=1S/C16H21NOS/c1-5-8-17-15(18)14-10-11-9-12(16(2,3)4)6-7-13(11)19-14/h1,10,12H,6-9H2,2-4H3,(H,17,18). The summed E-state index contributed by atoms with van der Waals surface area (Å²) in [6.07, 6.45) is 8.58. The van der Waals surface area contributed by atoms with E-state index in [1.54, 1.807) is 11.3 Å². The second kappa shape index (κ2) is 5.38. The summed E-state index contributed by atoms with van der Waals surface area (Å²) in [7, 11) is 0. The topological polar surface area (TPSA) is 29.1 Å². The molecule has 3 heteroatoms. The van der Waals surface area contributed by atoms with Gasteiger partial charge in [0.05, 0.1) is 11.4 Å². The number of hydrogen-bond acceptors (Lipinski definition) is 2. The summed E-state index contributed by atoms with van der Waals surface area (Å²) < 4.78 is 0. The molecule has 19 heavy (non-hydrogen) atoms. The number of carbonyl (C=O) groups is 1. The van der Waals surface area contributed by atoms with Crippen LogP contribution < -0.4 is 5.32 Å². The van der Waals surface area contributed by atoms with Crippen molar-refractivity contribution < 1.29 is 4.79 Å². The van der Waals surface area contributed by atoms with Crippen molar-refractivity contribution >= 4 is 17.2 Å². The quantitative estimate of drug-likeness (QED) is 0.825. The maximum absolute atomic E-state index is 11.9. The van der Waals surface area contributed by atoms with Crippen molar-refractivity contribution in [1.82, 2.24) is 5.32 Å². The summed E-state index contributed by atoms with van der Waals surface area (Å²) in [6.45, 7) is 7.20. The van der Waals surface area contributed by atoms with Crippen LogP contribution in [-0.4, -0.2) is 12.5 Å². The minimum absolute atomic E-state index is 0.0374. The van der Waals surface area contributed by atoms with Gasteiger partial charge in [0.1, 0.15) is 0 Å². The molecule has 1 heterocycles. The van der Waals surface area contributed by atoms with E-state index in [9.17, 15) is 4.79 Å². The van der Waals surface area contributed by atoms with Crippen molar-refractivity contribution in [3.63, 3.8) is 0 Å². The Labute approximate surface area is 119 Å².